The van der Waals surface area contributed by atoms with Gasteiger partial charge in [-0.15, -0.1) is 0 Å². The number of hydrogen-bond acceptors (Lipinski definition) is 7. The molecule has 3 aliphatic rings. The molecular weight excluding hydrogens is 458 g/mol. The fourth-order valence-corrected chi connectivity index (χ4v) is 5.45. The average Bonchev–Trinajstić information content (AvgIpc) is 3.56. The van der Waals surface area contributed by atoms with E-state index in [4.69, 9.17) is 18.6 Å². The minimum absolute atomic E-state index is 0.00794. The number of carbonyl (C=O) groups is 2. The van der Waals surface area contributed by atoms with Crippen molar-refractivity contribution in [2.45, 2.75) is 70.5 Å². The topological polar surface area (TPSA) is 87.0 Å². The van der Waals surface area contributed by atoms with Gasteiger partial charge in [0.2, 0.25) is 0 Å². The van der Waals surface area contributed by atoms with Crippen molar-refractivity contribution in [1.29, 1.82) is 0 Å². The third-order valence-electron chi connectivity index (χ3n) is 7.01. The molecule has 1 aromatic heterocycles. The molecule has 0 bridgehead atoms. The maximum absolute atomic E-state index is 13.7. The Morgan fingerprint density at radius 3 is 2.72 bits per heavy atom. The van der Waals surface area contributed by atoms with E-state index in [9.17, 15) is 9.59 Å². The number of nitrogens with one attached hydrogen (secondary N) is 1. The minimum atomic E-state index is -0.585. The number of furan rings is 1. The van der Waals surface area contributed by atoms with E-state index in [1.165, 1.54) is 0 Å². The fraction of sp³-hybridized carbons (Fsp3) is 0.448. The zero-order chi connectivity index (χ0) is 25.2. The molecule has 0 unspecified atom stereocenters. The Balaban J connectivity index is 1.55. The molecule has 2 aromatic rings. The number of esters is 1. The molecule has 7 nitrogen and oxygen atoms in total. The molecule has 36 heavy (non-hydrogen) atoms. The molecule has 190 valence electrons. The molecule has 2 aliphatic heterocycles. The molecule has 1 aromatic carbocycles. The number of benzene rings is 1. The van der Waals surface area contributed by atoms with Gasteiger partial charge in [-0.05, 0) is 58.2 Å². The van der Waals surface area contributed by atoms with Gasteiger partial charge in [0.15, 0.2) is 5.78 Å². The number of hydrogen-bond donors (Lipinski definition) is 1. The second kappa shape index (κ2) is 10.3. The Bertz CT molecular complexity index is 1190. The van der Waals surface area contributed by atoms with Crippen LogP contribution in [0.2, 0.25) is 0 Å². The monoisotopic (exact) mass is 491 g/mol. The van der Waals surface area contributed by atoms with E-state index in [0.29, 0.717) is 42.0 Å². The van der Waals surface area contributed by atoms with Crippen LogP contribution in [0, 0.1) is 0 Å². The quantitative estimate of drug-likeness (QED) is 0.536. The predicted molar refractivity (Wildman–Crippen MR) is 133 cm³/mol. The highest BCUT2D eigenvalue weighted by Gasteiger charge is 2.43. The van der Waals surface area contributed by atoms with E-state index in [-0.39, 0.29) is 30.5 Å². The molecular formula is C29H33NO6. The molecule has 3 heterocycles. The molecule has 0 spiro atoms. The predicted octanol–water partition coefficient (Wildman–Crippen LogP) is 5.15. The first kappa shape index (κ1) is 24.4. The Hall–Kier alpha value is -3.32. The molecule has 3 atom stereocenters. The Morgan fingerprint density at radius 2 is 2.00 bits per heavy atom. The number of rotatable bonds is 7. The highest BCUT2D eigenvalue weighted by Crippen LogP contribution is 2.47. The van der Waals surface area contributed by atoms with Crippen molar-refractivity contribution in [3.05, 3.63) is 76.5 Å². The summed E-state index contributed by atoms with van der Waals surface area (Å²) in [6, 6.07) is 11.4. The van der Waals surface area contributed by atoms with Crippen molar-refractivity contribution in [3.8, 4) is 5.75 Å². The Kier molecular flexibility index (Phi) is 7.01. The summed E-state index contributed by atoms with van der Waals surface area (Å²) in [5.41, 5.74) is 3.34. The standard InChI is InChI=1S/C29H33NO6/c1-17(2)36-25-10-5-4-9-21(25)27-26(29(32)35-16-20-8-6-12-33-20)18(3)30-22-14-19(15-23(31)28(22)27)24-11-7-13-34-24/h4-5,7,9-11,13,17,19-20,27,30H,6,8,12,14-16H2,1-3H3/t19-,20+,27-/m1/s1. The largest absolute Gasteiger partial charge is 0.491 e. The van der Waals surface area contributed by atoms with E-state index in [2.05, 4.69) is 5.32 Å². The summed E-state index contributed by atoms with van der Waals surface area (Å²) in [6.45, 7) is 6.68. The van der Waals surface area contributed by atoms with Gasteiger partial charge in [0.25, 0.3) is 0 Å². The van der Waals surface area contributed by atoms with Crippen LogP contribution in [0.25, 0.3) is 0 Å². The van der Waals surface area contributed by atoms with Crippen molar-refractivity contribution in [2.75, 3.05) is 13.2 Å². The van der Waals surface area contributed by atoms with Gasteiger partial charge in [-0.1, -0.05) is 18.2 Å². The first-order valence-electron chi connectivity index (χ1n) is 12.7. The van der Waals surface area contributed by atoms with E-state index in [1.807, 2.05) is 57.2 Å². The molecule has 5 rings (SSSR count). The number of ether oxygens (including phenoxy) is 3. The van der Waals surface area contributed by atoms with Crippen molar-refractivity contribution in [1.82, 2.24) is 5.32 Å². The summed E-state index contributed by atoms with van der Waals surface area (Å²) in [4.78, 5) is 27.3. The van der Waals surface area contributed by atoms with Gasteiger partial charge in [0, 0.05) is 41.5 Å². The van der Waals surface area contributed by atoms with E-state index in [1.54, 1.807) is 6.26 Å². The van der Waals surface area contributed by atoms with E-state index in [0.717, 1.165) is 29.9 Å². The Morgan fingerprint density at radius 1 is 1.17 bits per heavy atom. The van der Waals surface area contributed by atoms with Gasteiger partial charge < -0.3 is 23.9 Å². The van der Waals surface area contributed by atoms with Crippen molar-refractivity contribution >= 4 is 11.8 Å². The maximum atomic E-state index is 13.7. The third-order valence-corrected chi connectivity index (χ3v) is 7.01. The zero-order valence-electron chi connectivity index (χ0n) is 21.0. The van der Waals surface area contributed by atoms with Crippen LogP contribution < -0.4 is 10.1 Å². The smallest absolute Gasteiger partial charge is 0.336 e. The minimum Gasteiger partial charge on any atom is -0.491 e. The van der Waals surface area contributed by atoms with Crippen LogP contribution in [0.4, 0.5) is 0 Å². The van der Waals surface area contributed by atoms with Crippen LogP contribution in [-0.2, 0) is 19.1 Å². The maximum Gasteiger partial charge on any atom is 0.336 e. The van der Waals surface area contributed by atoms with Gasteiger partial charge in [0.1, 0.15) is 18.1 Å². The number of carbonyl (C=O) groups excluding carboxylic acids is 2. The van der Waals surface area contributed by atoms with Crippen LogP contribution in [0.1, 0.15) is 69.6 Å². The lowest BCUT2D eigenvalue weighted by Crippen LogP contribution is -2.36. The summed E-state index contributed by atoms with van der Waals surface area (Å²) >= 11 is 0. The SMILES string of the molecule is CC1=C(C(=O)OC[C@@H]2CCCO2)[C@@H](c2ccccc2OC(C)C)C2=C(C[C@@H](c3ccco3)CC2=O)N1. The van der Waals surface area contributed by atoms with Crippen molar-refractivity contribution in [2.24, 2.45) is 0 Å². The molecule has 1 fully saturated rings. The van der Waals surface area contributed by atoms with Gasteiger partial charge >= 0.3 is 5.97 Å². The number of allylic oxidation sites excluding steroid dienone is 3. The first-order valence-corrected chi connectivity index (χ1v) is 12.7. The summed E-state index contributed by atoms with van der Waals surface area (Å²) in [5, 5.41) is 3.38. The molecule has 0 amide bonds. The van der Waals surface area contributed by atoms with Crippen LogP contribution in [-0.4, -0.2) is 37.2 Å². The molecule has 1 N–H and O–H groups in total. The summed E-state index contributed by atoms with van der Waals surface area (Å²) < 4.78 is 23.1. The highest BCUT2D eigenvalue weighted by atomic mass is 16.6. The lowest BCUT2D eigenvalue weighted by molar-refractivity contribution is -0.142. The summed E-state index contributed by atoms with van der Waals surface area (Å²) in [5.74, 6) is 0.365. The van der Waals surface area contributed by atoms with E-state index >= 15 is 0 Å². The highest BCUT2D eigenvalue weighted by molar-refractivity contribution is 6.04. The normalized spacial score (nSPS) is 24.1. The van der Waals surface area contributed by atoms with Crippen LogP contribution in [0.5, 0.6) is 5.75 Å². The summed E-state index contributed by atoms with van der Waals surface area (Å²) in [7, 11) is 0. The van der Waals surface area contributed by atoms with Crippen LogP contribution in [0.3, 0.4) is 0 Å². The van der Waals surface area contributed by atoms with Crippen LogP contribution in [0.15, 0.2) is 69.6 Å². The number of Topliss-reactive ketones (excluding diaryl/α,β-unsaturated/α-hetero) is 1. The second-order valence-corrected chi connectivity index (χ2v) is 9.97. The van der Waals surface area contributed by atoms with Crippen LogP contribution >= 0.6 is 0 Å². The fourth-order valence-electron chi connectivity index (χ4n) is 5.45. The lowest BCUT2D eigenvalue weighted by atomic mass is 9.72. The molecule has 1 aliphatic carbocycles. The van der Waals surface area contributed by atoms with Gasteiger partial charge in [0.05, 0.1) is 30.0 Å². The molecule has 1 saturated heterocycles. The number of ketones is 1. The second-order valence-electron chi connectivity index (χ2n) is 9.97. The van der Waals surface area contributed by atoms with Gasteiger partial charge in [-0.2, -0.15) is 0 Å². The molecule has 0 saturated carbocycles. The average molecular weight is 492 g/mol. The number of para-hydroxylation sites is 1. The first-order chi connectivity index (χ1) is 17.4. The Labute approximate surface area is 211 Å². The van der Waals surface area contributed by atoms with E-state index < -0.39 is 11.9 Å². The lowest BCUT2D eigenvalue weighted by Gasteiger charge is -2.36. The zero-order valence-corrected chi connectivity index (χ0v) is 21.0. The summed E-state index contributed by atoms with van der Waals surface area (Å²) in [6.07, 6.45) is 4.26. The van der Waals surface area contributed by atoms with Gasteiger partial charge in [-0.3, -0.25) is 4.79 Å². The third kappa shape index (κ3) is 4.85. The molecule has 0 radical (unpaired) electrons. The van der Waals surface area contributed by atoms with Crippen molar-refractivity contribution < 1.29 is 28.2 Å². The van der Waals surface area contributed by atoms with Crippen molar-refractivity contribution in [3.63, 3.8) is 0 Å². The van der Waals surface area contributed by atoms with Gasteiger partial charge in [-0.25, -0.2) is 4.79 Å². The number of dihydropyridines is 1. The molecule has 7 heteroatoms.